The Kier molecular flexibility index (Phi) is 4.87. The van der Waals surface area contributed by atoms with Gasteiger partial charge in [0, 0.05) is 12.6 Å². The van der Waals surface area contributed by atoms with Crippen molar-refractivity contribution in [1.29, 1.82) is 0 Å². The maximum absolute atomic E-state index is 12.9. The van der Waals surface area contributed by atoms with E-state index in [0.717, 1.165) is 11.5 Å². The molecule has 0 saturated carbocycles. The predicted molar refractivity (Wildman–Crippen MR) is 82.0 cm³/mol. The molecule has 1 heterocycles. The Morgan fingerprint density at radius 2 is 1.95 bits per heavy atom. The molecule has 7 heteroatoms. The summed E-state index contributed by atoms with van der Waals surface area (Å²) in [4.78, 5) is 24.4. The first-order valence-electron chi connectivity index (χ1n) is 6.58. The smallest absolute Gasteiger partial charge is 0.343 e. The molecule has 0 aliphatic heterocycles. The summed E-state index contributed by atoms with van der Waals surface area (Å²) in [7, 11) is 1.68. The number of halogens is 1. The van der Waals surface area contributed by atoms with Crippen LogP contribution in [0.25, 0.3) is 0 Å². The molecule has 5 nitrogen and oxygen atoms in total. The highest BCUT2D eigenvalue weighted by Crippen LogP contribution is 2.25. The van der Waals surface area contributed by atoms with E-state index in [2.05, 4.69) is 9.69 Å². The maximum atomic E-state index is 12.9. The van der Waals surface area contributed by atoms with E-state index in [4.69, 9.17) is 4.74 Å². The Bertz CT molecular complexity index is 697. The number of nitrogens with zero attached hydrogens (tertiary/aromatic N) is 1. The number of nitrogens with one attached hydrogen (secondary N) is 1. The maximum Gasteiger partial charge on any atom is 0.343 e. The Labute approximate surface area is 131 Å². The number of Topliss-reactive ketones (excluding diaryl/α,β-unsaturated/α-hetero) is 1. The van der Waals surface area contributed by atoms with Crippen molar-refractivity contribution in [2.75, 3.05) is 12.4 Å². The van der Waals surface area contributed by atoms with Gasteiger partial charge in [-0.05, 0) is 49.6 Å². The van der Waals surface area contributed by atoms with Gasteiger partial charge in [-0.3, -0.25) is 4.79 Å². The van der Waals surface area contributed by atoms with Crippen LogP contribution in [0.5, 0.6) is 0 Å². The second kappa shape index (κ2) is 6.65. The van der Waals surface area contributed by atoms with Gasteiger partial charge in [0.25, 0.3) is 0 Å². The highest BCUT2D eigenvalue weighted by molar-refractivity contribution is 7.10. The fourth-order valence-electron chi connectivity index (χ4n) is 1.90. The van der Waals surface area contributed by atoms with Crippen LogP contribution in [0, 0.1) is 12.7 Å². The van der Waals surface area contributed by atoms with Crippen LogP contribution in [0.1, 0.15) is 33.3 Å². The van der Waals surface area contributed by atoms with E-state index in [1.54, 1.807) is 14.0 Å². The molecule has 0 radical (unpaired) electrons. The van der Waals surface area contributed by atoms with E-state index >= 15 is 0 Å². The number of hydrogen-bond donors (Lipinski definition) is 1. The lowest BCUT2D eigenvalue weighted by Gasteiger charge is -2.12. The van der Waals surface area contributed by atoms with E-state index in [1.165, 1.54) is 31.2 Å². The van der Waals surface area contributed by atoms with Gasteiger partial charge in [-0.15, -0.1) is 0 Å². The molecule has 2 rings (SSSR count). The normalized spacial score (nSPS) is 11.8. The minimum Gasteiger partial charge on any atom is -0.451 e. The molecule has 0 bridgehead atoms. The van der Waals surface area contributed by atoms with Crippen molar-refractivity contribution in [2.45, 2.75) is 20.0 Å². The summed E-state index contributed by atoms with van der Waals surface area (Å²) in [6.45, 7) is 3.18. The average Bonchev–Trinajstić information content (AvgIpc) is 2.88. The zero-order valence-corrected chi connectivity index (χ0v) is 13.2. The third-order valence-electron chi connectivity index (χ3n) is 3.08. The molecule has 0 saturated heterocycles. The van der Waals surface area contributed by atoms with Crippen molar-refractivity contribution in [3.63, 3.8) is 0 Å². The molecular formula is C15H15FN2O3S. The number of ketones is 1. The summed E-state index contributed by atoms with van der Waals surface area (Å²) in [6, 6.07) is 5.10. The van der Waals surface area contributed by atoms with Gasteiger partial charge in [0.1, 0.15) is 16.4 Å². The van der Waals surface area contributed by atoms with Crippen LogP contribution in [0.3, 0.4) is 0 Å². The molecule has 116 valence electrons. The molecule has 1 atom stereocenters. The van der Waals surface area contributed by atoms with Gasteiger partial charge in [0.15, 0.2) is 6.10 Å². The number of benzene rings is 1. The Morgan fingerprint density at radius 3 is 2.55 bits per heavy atom. The molecule has 0 aliphatic rings. The lowest BCUT2D eigenvalue weighted by atomic mass is 10.1. The molecular weight excluding hydrogens is 307 g/mol. The van der Waals surface area contributed by atoms with Crippen LogP contribution in [0.4, 0.5) is 9.39 Å². The van der Waals surface area contributed by atoms with E-state index in [1.807, 2.05) is 0 Å². The lowest BCUT2D eigenvalue weighted by Crippen LogP contribution is -2.25. The second-order valence-corrected chi connectivity index (χ2v) is 5.41. The van der Waals surface area contributed by atoms with E-state index in [-0.39, 0.29) is 11.3 Å². The molecule has 0 spiro atoms. The van der Waals surface area contributed by atoms with Gasteiger partial charge >= 0.3 is 5.97 Å². The number of carbonyl (C=O) groups is 2. The van der Waals surface area contributed by atoms with Gasteiger partial charge in [0.2, 0.25) is 5.78 Å². The highest BCUT2D eigenvalue weighted by Gasteiger charge is 2.24. The number of aromatic nitrogens is 1. The van der Waals surface area contributed by atoms with Crippen LogP contribution in [0.15, 0.2) is 24.3 Å². The largest absolute Gasteiger partial charge is 0.451 e. The molecule has 1 aromatic heterocycles. The topological polar surface area (TPSA) is 68.3 Å². The standard InChI is InChI=1S/C15H15FN2O3S/c1-8-12(14(17-3)22-18-8)15(20)21-9(2)13(19)10-4-6-11(16)7-5-10/h4-7,9,17H,1-3H3/t9-/m0/s1. The predicted octanol–water partition coefficient (Wildman–Crippen LogP) is 3.06. The van der Waals surface area contributed by atoms with Crippen molar-refractivity contribution in [3.8, 4) is 0 Å². The summed E-state index contributed by atoms with van der Waals surface area (Å²) in [6.07, 6.45) is -0.970. The zero-order valence-electron chi connectivity index (χ0n) is 12.3. The Balaban J connectivity index is 2.12. The van der Waals surface area contributed by atoms with Crippen molar-refractivity contribution in [3.05, 3.63) is 46.9 Å². The number of anilines is 1. The fourth-order valence-corrected chi connectivity index (χ4v) is 2.64. The second-order valence-electron chi connectivity index (χ2n) is 4.64. The first-order valence-corrected chi connectivity index (χ1v) is 7.36. The SMILES string of the molecule is CNc1snc(C)c1C(=O)O[C@@H](C)C(=O)c1ccc(F)cc1. The fraction of sp³-hybridized carbons (Fsp3) is 0.267. The Morgan fingerprint density at radius 1 is 1.32 bits per heavy atom. The first kappa shape index (κ1) is 16.1. The van der Waals surface area contributed by atoms with E-state index in [0.29, 0.717) is 16.3 Å². The first-order chi connectivity index (χ1) is 10.4. The third kappa shape index (κ3) is 3.30. The zero-order chi connectivity index (χ0) is 16.3. The van der Waals surface area contributed by atoms with Gasteiger partial charge < -0.3 is 10.1 Å². The van der Waals surface area contributed by atoms with Crippen molar-refractivity contribution in [1.82, 2.24) is 4.37 Å². The summed E-state index contributed by atoms with van der Waals surface area (Å²) < 4.78 is 22.2. The Hall–Kier alpha value is -2.28. The monoisotopic (exact) mass is 322 g/mol. The minimum absolute atomic E-state index is 0.288. The van der Waals surface area contributed by atoms with Crippen LogP contribution in [-0.2, 0) is 4.74 Å². The number of rotatable bonds is 5. The van der Waals surface area contributed by atoms with Crippen molar-refractivity contribution < 1.29 is 18.7 Å². The number of ether oxygens (including phenoxy) is 1. The third-order valence-corrected chi connectivity index (χ3v) is 4.03. The molecule has 1 N–H and O–H groups in total. The van der Waals surface area contributed by atoms with Crippen LogP contribution in [0.2, 0.25) is 0 Å². The van der Waals surface area contributed by atoms with Gasteiger partial charge in [-0.25, -0.2) is 9.18 Å². The molecule has 2 aromatic rings. The molecule has 0 unspecified atom stereocenters. The minimum atomic E-state index is -0.970. The lowest BCUT2D eigenvalue weighted by molar-refractivity contribution is 0.0319. The molecule has 0 aliphatic carbocycles. The molecule has 1 aromatic carbocycles. The molecule has 0 fully saturated rings. The molecule has 0 amide bonds. The highest BCUT2D eigenvalue weighted by atomic mass is 32.1. The van der Waals surface area contributed by atoms with Gasteiger partial charge in [-0.2, -0.15) is 4.37 Å². The molecule has 22 heavy (non-hydrogen) atoms. The van der Waals surface area contributed by atoms with Crippen molar-refractivity contribution in [2.24, 2.45) is 0 Å². The van der Waals surface area contributed by atoms with Crippen LogP contribution in [-0.4, -0.2) is 29.3 Å². The van der Waals surface area contributed by atoms with Crippen molar-refractivity contribution >= 4 is 28.3 Å². The summed E-state index contributed by atoms with van der Waals surface area (Å²) in [5.41, 5.74) is 1.16. The van der Waals surface area contributed by atoms with Gasteiger partial charge in [0.05, 0.1) is 5.69 Å². The number of aryl methyl sites for hydroxylation is 1. The van der Waals surface area contributed by atoms with Crippen LogP contribution >= 0.6 is 11.5 Å². The average molecular weight is 322 g/mol. The number of carbonyl (C=O) groups excluding carboxylic acids is 2. The van der Waals surface area contributed by atoms with E-state index < -0.39 is 17.9 Å². The summed E-state index contributed by atoms with van der Waals surface area (Å²) >= 11 is 1.15. The number of hydrogen-bond acceptors (Lipinski definition) is 6. The van der Waals surface area contributed by atoms with E-state index in [9.17, 15) is 14.0 Å². The summed E-state index contributed by atoms with van der Waals surface area (Å²) in [5, 5.41) is 3.45. The van der Waals surface area contributed by atoms with Crippen LogP contribution < -0.4 is 5.32 Å². The quantitative estimate of drug-likeness (QED) is 0.677. The van der Waals surface area contributed by atoms with Gasteiger partial charge in [-0.1, -0.05) is 0 Å². The number of esters is 1. The summed E-state index contributed by atoms with van der Waals surface area (Å²) in [5.74, 6) is -1.43.